The van der Waals surface area contributed by atoms with E-state index in [0.717, 1.165) is 10.8 Å². The van der Waals surface area contributed by atoms with E-state index >= 15 is 0 Å². The Morgan fingerprint density at radius 3 is 1.58 bits per heavy atom. The predicted octanol–water partition coefficient (Wildman–Crippen LogP) is 3.39. The van der Waals surface area contributed by atoms with Crippen molar-refractivity contribution in [1.29, 1.82) is 0 Å². The van der Waals surface area contributed by atoms with Gasteiger partial charge in [0.15, 0.2) is 0 Å². The van der Waals surface area contributed by atoms with Crippen LogP contribution in [0.4, 0.5) is 21.0 Å². The zero-order valence-electron chi connectivity index (χ0n) is 13.5. The first-order chi connectivity index (χ1) is 12.7. The molecule has 4 aromatic rings. The molecule has 0 aliphatic rings. The van der Waals surface area contributed by atoms with Crippen LogP contribution < -0.4 is 10.6 Å². The van der Waals surface area contributed by atoms with Crippen LogP contribution in [0.2, 0.25) is 0 Å². The molecule has 0 radical (unpaired) electrons. The van der Waals surface area contributed by atoms with Gasteiger partial charge in [-0.05, 0) is 12.1 Å². The lowest BCUT2D eigenvalue weighted by Gasteiger charge is -2.12. The highest BCUT2D eigenvalue weighted by molar-refractivity contribution is 6.08. The Bertz CT molecular complexity index is 983. The average molecular weight is 346 g/mol. The number of hydrogen-bond donors (Lipinski definition) is 2. The molecule has 4 rings (SSSR count). The molecular weight excluding hydrogens is 332 g/mol. The predicted molar refractivity (Wildman–Crippen MR) is 97.2 cm³/mol. The van der Waals surface area contributed by atoms with Crippen molar-refractivity contribution in [2.24, 2.45) is 0 Å². The van der Waals surface area contributed by atoms with Crippen LogP contribution in [0, 0.1) is 0 Å². The Labute approximate surface area is 148 Å². The Balaban J connectivity index is 1.67. The number of carbonyl (C=O) groups excluding carboxylic acids is 2. The first-order valence-corrected chi connectivity index (χ1v) is 7.83. The SMILES string of the molecule is O=C(Nc1cccc2c(NC(=O)n3ccnc3)cccc12)n1ccnc1. The molecule has 2 aromatic heterocycles. The average Bonchev–Trinajstić information content (AvgIpc) is 3.36. The lowest BCUT2D eigenvalue weighted by Crippen LogP contribution is -2.19. The highest BCUT2D eigenvalue weighted by Gasteiger charge is 2.11. The number of carbonyl (C=O) groups is 2. The summed E-state index contributed by atoms with van der Waals surface area (Å²) in [6.45, 7) is 0. The molecule has 26 heavy (non-hydrogen) atoms. The van der Waals surface area contributed by atoms with E-state index in [1.807, 2.05) is 24.3 Å². The first-order valence-electron chi connectivity index (χ1n) is 7.83. The normalized spacial score (nSPS) is 10.6. The maximum atomic E-state index is 12.3. The Kier molecular flexibility index (Phi) is 3.91. The molecule has 0 saturated carbocycles. The standard InChI is InChI=1S/C18H14N6O2/c25-17(23-9-7-19-11-23)21-15-5-1-3-13-14(15)4-2-6-16(13)22-18(26)24-10-8-20-12-24/h1-12H,(H,21,25)(H,22,26). The maximum absolute atomic E-state index is 12.3. The molecule has 0 aliphatic heterocycles. The quantitative estimate of drug-likeness (QED) is 0.582. The number of nitrogens with one attached hydrogen (secondary N) is 2. The van der Waals surface area contributed by atoms with Crippen LogP contribution in [-0.4, -0.2) is 31.2 Å². The second-order valence-corrected chi connectivity index (χ2v) is 5.51. The molecule has 0 saturated heterocycles. The van der Waals surface area contributed by atoms with Gasteiger partial charge < -0.3 is 10.6 Å². The Morgan fingerprint density at radius 2 is 1.19 bits per heavy atom. The minimum absolute atomic E-state index is 0.317. The van der Waals surface area contributed by atoms with Crippen molar-refractivity contribution in [2.75, 3.05) is 10.6 Å². The molecule has 2 N–H and O–H groups in total. The first kappa shape index (κ1) is 15.6. The second-order valence-electron chi connectivity index (χ2n) is 5.51. The summed E-state index contributed by atoms with van der Waals surface area (Å²) >= 11 is 0. The van der Waals surface area contributed by atoms with Gasteiger partial charge >= 0.3 is 12.1 Å². The molecule has 2 amide bonds. The fourth-order valence-electron chi connectivity index (χ4n) is 2.65. The van der Waals surface area contributed by atoms with Gasteiger partial charge in [0.2, 0.25) is 0 Å². The van der Waals surface area contributed by atoms with Gasteiger partial charge in [0.05, 0.1) is 11.4 Å². The van der Waals surface area contributed by atoms with E-state index in [1.54, 1.807) is 24.5 Å². The molecule has 0 aliphatic carbocycles. The van der Waals surface area contributed by atoms with E-state index in [-0.39, 0.29) is 12.1 Å². The summed E-state index contributed by atoms with van der Waals surface area (Å²) in [6.07, 6.45) is 9.06. The number of benzene rings is 2. The Hall–Kier alpha value is -3.94. The summed E-state index contributed by atoms with van der Waals surface area (Å²) in [5.74, 6) is 0. The van der Waals surface area contributed by atoms with Crippen LogP contribution in [-0.2, 0) is 0 Å². The highest BCUT2D eigenvalue weighted by atomic mass is 16.2. The van der Waals surface area contributed by atoms with E-state index in [9.17, 15) is 9.59 Å². The van der Waals surface area contributed by atoms with Crippen LogP contribution in [0.3, 0.4) is 0 Å². The van der Waals surface area contributed by atoms with Gasteiger partial charge in [-0.3, -0.25) is 9.13 Å². The van der Waals surface area contributed by atoms with Crippen LogP contribution in [0.25, 0.3) is 10.8 Å². The number of hydrogen-bond acceptors (Lipinski definition) is 4. The third kappa shape index (κ3) is 2.91. The minimum Gasteiger partial charge on any atom is -0.307 e. The zero-order chi connectivity index (χ0) is 17.9. The van der Waals surface area contributed by atoms with Crippen LogP contribution in [0.15, 0.2) is 73.8 Å². The smallest absolute Gasteiger partial charge is 0.307 e. The zero-order valence-corrected chi connectivity index (χ0v) is 13.5. The largest absolute Gasteiger partial charge is 0.331 e. The molecule has 128 valence electrons. The molecule has 0 spiro atoms. The van der Waals surface area contributed by atoms with Crippen molar-refractivity contribution in [1.82, 2.24) is 19.1 Å². The Morgan fingerprint density at radius 1 is 0.731 bits per heavy atom. The third-order valence-corrected chi connectivity index (χ3v) is 3.88. The second kappa shape index (κ2) is 6.52. The minimum atomic E-state index is -0.317. The lowest BCUT2D eigenvalue weighted by atomic mass is 10.1. The van der Waals surface area contributed by atoms with E-state index in [1.165, 1.54) is 34.2 Å². The van der Waals surface area contributed by atoms with Gasteiger partial charge in [0.1, 0.15) is 12.7 Å². The van der Waals surface area contributed by atoms with E-state index in [2.05, 4.69) is 20.6 Å². The number of imidazole rings is 2. The summed E-state index contributed by atoms with van der Waals surface area (Å²) in [6, 6.07) is 10.4. The van der Waals surface area contributed by atoms with E-state index in [0.29, 0.717) is 11.4 Å². The number of nitrogens with zero attached hydrogens (tertiary/aromatic N) is 4. The van der Waals surface area contributed by atoms with Crippen molar-refractivity contribution in [2.45, 2.75) is 0 Å². The monoisotopic (exact) mass is 346 g/mol. The summed E-state index contributed by atoms with van der Waals surface area (Å²) < 4.78 is 2.70. The molecule has 8 heteroatoms. The molecule has 0 fully saturated rings. The van der Waals surface area contributed by atoms with Crippen LogP contribution in [0.1, 0.15) is 0 Å². The van der Waals surface area contributed by atoms with Crippen molar-refractivity contribution in [3.05, 3.63) is 73.8 Å². The molecule has 0 unspecified atom stereocenters. The molecule has 8 nitrogen and oxygen atoms in total. The topological polar surface area (TPSA) is 93.8 Å². The number of aromatic nitrogens is 4. The summed E-state index contributed by atoms with van der Waals surface area (Å²) in [5.41, 5.74) is 1.28. The lowest BCUT2D eigenvalue weighted by molar-refractivity contribution is 0.252. The number of anilines is 2. The van der Waals surface area contributed by atoms with E-state index in [4.69, 9.17) is 0 Å². The van der Waals surface area contributed by atoms with Gasteiger partial charge in [-0.1, -0.05) is 24.3 Å². The third-order valence-electron chi connectivity index (χ3n) is 3.88. The summed E-state index contributed by atoms with van der Waals surface area (Å²) in [5, 5.41) is 7.32. The molecular formula is C18H14N6O2. The van der Waals surface area contributed by atoms with Gasteiger partial charge in [-0.2, -0.15) is 0 Å². The summed E-state index contributed by atoms with van der Waals surface area (Å²) in [7, 11) is 0. The maximum Gasteiger partial charge on any atom is 0.331 e. The van der Waals surface area contributed by atoms with Gasteiger partial charge in [0.25, 0.3) is 0 Å². The summed E-state index contributed by atoms with van der Waals surface area (Å²) in [4.78, 5) is 32.3. The highest BCUT2D eigenvalue weighted by Crippen LogP contribution is 2.29. The molecule has 2 heterocycles. The van der Waals surface area contributed by atoms with Crippen LogP contribution in [0.5, 0.6) is 0 Å². The molecule has 0 atom stereocenters. The van der Waals surface area contributed by atoms with Crippen molar-refractivity contribution in [3.8, 4) is 0 Å². The van der Waals surface area contributed by atoms with E-state index < -0.39 is 0 Å². The fourth-order valence-corrected chi connectivity index (χ4v) is 2.65. The van der Waals surface area contributed by atoms with Crippen molar-refractivity contribution < 1.29 is 9.59 Å². The van der Waals surface area contributed by atoms with Crippen LogP contribution >= 0.6 is 0 Å². The van der Waals surface area contributed by atoms with Gasteiger partial charge in [0, 0.05) is 35.6 Å². The number of fused-ring (bicyclic) bond motifs is 1. The fraction of sp³-hybridized carbons (Fsp3) is 0. The van der Waals surface area contributed by atoms with Crippen molar-refractivity contribution >= 4 is 34.2 Å². The number of rotatable bonds is 2. The van der Waals surface area contributed by atoms with Crippen molar-refractivity contribution in [3.63, 3.8) is 0 Å². The molecule has 0 bridgehead atoms. The van der Waals surface area contributed by atoms with Gasteiger partial charge in [-0.25, -0.2) is 19.6 Å². The number of amides is 2. The molecule has 2 aromatic carbocycles. The van der Waals surface area contributed by atoms with Gasteiger partial charge in [-0.15, -0.1) is 0 Å².